The molecule has 9 aliphatic rings. The summed E-state index contributed by atoms with van der Waals surface area (Å²) >= 11 is 0. The molecule has 0 amide bonds. The molecule has 8 aliphatic carbocycles. The lowest BCUT2D eigenvalue weighted by Gasteiger charge is -2.62. The quantitative estimate of drug-likeness (QED) is 0.140. The van der Waals surface area contributed by atoms with Crippen LogP contribution in [0.4, 0.5) is 0 Å². The lowest BCUT2D eigenvalue weighted by atomic mass is 9.46. The number of carbonyl (C=O) groups excluding carboxylic acids is 5. The van der Waals surface area contributed by atoms with E-state index in [2.05, 4.69) is 20.8 Å². The lowest BCUT2D eigenvalue weighted by molar-refractivity contribution is -0.264. The van der Waals surface area contributed by atoms with Crippen molar-refractivity contribution in [1.29, 1.82) is 0 Å². The number of aliphatic hydroxyl groups is 2. The predicted octanol–water partition coefficient (Wildman–Crippen LogP) is 12.4. The number of rotatable bonds is 12. The number of esters is 5. The lowest BCUT2D eigenvalue weighted by Crippen LogP contribution is -2.67. The average molecular weight is 957 g/mol. The van der Waals surface area contributed by atoms with Gasteiger partial charge >= 0.3 is 29.8 Å². The summed E-state index contributed by atoms with van der Waals surface area (Å²) in [6.07, 6.45) is 13.1. The van der Waals surface area contributed by atoms with Crippen LogP contribution in [0.1, 0.15) is 231 Å². The van der Waals surface area contributed by atoms with E-state index in [0.29, 0.717) is 25.7 Å². The minimum Gasteiger partial charge on any atom is -0.462 e. The van der Waals surface area contributed by atoms with Crippen LogP contribution in [-0.4, -0.2) is 81.8 Å². The number of hydrogen-bond donors (Lipinski definition) is 2. The average Bonchev–Trinajstić information content (AvgIpc) is 3.38. The van der Waals surface area contributed by atoms with E-state index in [-0.39, 0.29) is 85.5 Å². The zero-order chi connectivity index (χ0) is 45.8. The summed E-state index contributed by atoms with van der Waals surface area (Å²) in [5, 5.41) is 21.3. The van der Waals surface area contributed by atoms with Crippen molar-refractivity contribution in [2.24, 2.45) is 50.7 Å². The number of carbonyl (C=O) groups is 5. The molecule has 67 heavy (non-hydrogen) atoms. The van der Waals surface area contributed by atoms with Crippen LogP contribution in [0.3, 0.4) is 0 Å². The number of cyclic esters (lactones) is 1. The molecule has 2 N–H and O–H groups in total. The van der Waals surface area contributed by atoms with Crippen LogP contribution in [0.2, 0.25) is 0 Å². The molecule has 396 valence electrons. The highest BCUT2D eigenvalue weighted by molar-refractivity contribution is 5.84. The van der Waals surface area contributed by atoms with Crippen molar-refractivity contribution >= 4 is 29.8 Å². The van der Waals surface area contributed by atoms with Gasteiger partial charge < -0.3 is 33.9 Å². The fourth-order valence-electron chi connectivity index (χ4n) is 11.9. The molecular formula is C55H104O12. The molecule has 8 bridgehead atoms. The zero-order valence-corrected chi connectivity index (χ0v) is 39.9. The third-order valence-corrected chi connectivity index (χ3v) is 16.3. The standard InChI is InChI=1S/C19H32O2.C16H26O4.C14H22O6.6CH4/c1-6-17(2,3)16(20)21-18(4,5)19-10-13-7-14(11-19)9-15(8-13)12-19;1-4-13(2,3)12(17)20-16-7-11-5-14(18,9-16)8-15(19,6-11)10-16;1-6-13(2,3)12(17)18-7-9(15)20-10-11(16)19-8-14(10,4)5;;;;;;/h13-15H,6-12H2,1-5H3;11,18-19H,4-10H2,1-3H3;10H,6-8H2,1-5H3;6*1H4. The fourth-order valence-corrected chi connectivity index (χ4v) is 11.9. The minimum absolute atomic E-state index is 0. The van der Waals surface area contributed by atoms with Crippen molar-refractivity contribution in [3.05, 3.63) is 0 Å². The predicted molar refractivity (Wildman–Crippen MR) is 269 cm³/mol. The first kappa shape index (κ1) is 66.4. The molecule has 1 saturated heterocycles. The Hall–Kier alpha value is -2.73. The number of ether oxygens (including phenoxy) is 5. The topological polar surface area (TPSA) is 172 Å². The highest BCUT2D eigenvalue weighted by Crippen LogP contribution is 2.65. The molecule has 12 nitrogen and oxygen atoms in total. The molecule has 3 unspecified atom stereocenters. The Morgan fingerprint density at radius 3 is 1.42 bits per heavy atom. The van der Waals surface area contributed by atoms with Crippen molar-refractivity contribution in [2.45, 2.75) is 259 Å². The van der Waals surface area contributed by atoms with Crippen LogP contribution in [-0.2, 0) is 47.7 Å². The molecule has 1 heterocycles. The smallest absolute Gasteiger partial charge is 0.348 e. The second kappa shape index (κ2) is 23.0. The Morgan fingerprint density at radius 2 is 1.03 bits per heavy atom. The second-order valence-corrected chi connectivity index (χ2v) is 23.9. The minimum atomic E-state index is -0.951. The zero-order valence-electron chi connectivity index (χ0n) is 39.9. The maximum Gasteiger partial charge on any atom is 0.348 e. The van der Waals surface area contributed by atoms with Gasteiger partial charge in [-0.3, -0.25) is 14.4 Å². The molecule has 1 aliphatic heterocycles. The monoisotopic (exact) mass is 957 g/mol. The van der Waals surface area contributed by atoms with Crippen molar-refractivity contribution in [2.75, 3.05) is 13.2 Å². The van der Waals surface area contributed by atoms with Gasteiger partial charge in [0, 0.05) is 30.1 Å². The Kier molecular flexibility index (Phi) is 22.8. The van der Waals surface area contributed by atoms with E-state index in [9.17, 15) is 34.2 Å². The molecule has 12 heteroatoms. The van der Waals surface area contributed by atoms with Crippen LogP contribution in [0.5, 0.6) is 0 Å². The Bertz CT molecular complexity index is 1620. The van der Waals surface area contributed by atoms with Crippen molar-refractivity contribution in [1.82, 2.24) is 0 Å². The third kappa shape index (κ3) is 14.4. The van der Waals surface area contributed by atoms with E-state index in [1.165, 1.54) is 38.5 Å². The van der Waals surface area contributed by atoms with Crippen LogP contribution >= 0.6 is 0 Å². The molecule has 0 aromatic rings. The Morgan fingerprint density at radius 1 is 0.612 bits per heavy atom. The van der Waals surface area contributed by atoms with Crippen molar-refractivity contribution in [3.8, 4) is 0 Å². The van der Waals surface area contributed by atoms with Gasteiger partial charge in [-0.05, 0) is 156 Å². The summed E-state index contributed by atoms with van der Waals surface area (Å²) in [6.45, 7) is 24.8. The molecule has 3 atom stereocenters. The summed E-state index contributed by atoms with van der Waals surface area (Å²) < 4.78 is 26.8. The SMILES string of the molecule is C.C.C.C.C.C.CCC(C)(C)C(=O)OC(C)(C)C12CC3CC(CC(C3)C1)C2.CCC(C)(C)C(=O)OC12CC3CC(O)(CC(O)(C3)C1)C2.CCC(C)(C)C(=O)OCC(=O)OC1C(=O)OCC1(C)C. The molecule has 0 radical (unpaired) electrons. The highest BCUT2D eigenvalue weighted by Gasteiger charge is 2.65. The molecular weight excluding hydrogens is 853 g/mol. The molecule has 8 saturated carbocycles. The van der Waals surface area contributed by atoms with Gasteiger partial charge in [0.25, 0.3) is 0 Å². The molecule has 0 spiro atoms. The van der Waals surface area contributed by atoms with Gasteiger partial charge in [0.15, 0.2) is 6.61 Å². The summed E-state index contributed by atoms with van der Waals surface area (Å²) in [4.78, 5) is 59.8. The second-order valence-electron chi connectivity index (χ2n) is 23.9. The van der Waals surface area contributed by atoms with Crippen LogP contribution in [0.15, 0.2) is 0 Å². The van der Waals surface area contributed by atoms with Gasteiger partial charge in [0.2, 0.25) is 6.10 Å². The van der Waals surface area contributed by atoms with E-state index in [0.717, 1.165) is 49.9 Å². The maximum atomic E-state index is 12.6. The van der Waals surface area contributed by atoms with Crippen LogP contribution in [0.25, 0.3) is 0 Å². The molecule has 0 aromatic heterocycles. The van der Waals surface area contributed by atoms with Crippen LogP contribution < -0.4 is 0 Å². The first-order valence-electron chi connectivity index (χ1n) is 23.3. The van der Waals surface area contributed by atoms with E-state index >= 15 is 0 Å². The van der Waals surface area contributed by atoms with Gasteiger partial charge in [0.05, 0.1) is 27.4 Å². The van der Waals surface area contributed by atoms with Gasteiger partial charge in [0.1, 0.15) is 17.8 Å². The summed E-state index contributed by atoms with van der Waals surface area (Å²) in [5.74, 6) is 0.977. The van der Waals surface area contributed by atoms with E-state index in [1.807, 2.05) is 41.5 Å². The summed E-state index contributed by atoms with van der Waals surface area (Å²) in [6, 6.07) is 0. The summed E-state index contributed by atoms with van der Waals surface area (Å²) in [5.41, 5.74) is -4.48. The normalized spacial score (nSPS) is 32.3. The van der Waals surface area contributed by atoms with Gasteiger partial charge in [-0.25, -0.2) is 9.59 Å². The van der Waals surface area contributed by atoms with Crippen molar-refractivity contribution in [3.63, 3.8) is 0 Å². The number of hydrogen-bond acceptors (Lipinski definition) is 12. The largest absolute Gasteiger partial charge is 0.462 e. The molecule has 9 rings (SSSR count). The molecule has 0 aromatic carbocycles. The third-order valence-electron chi connectivity index (χ3n) is 16.3. The van der Waals surface area contributed by atoms with Gasteiger partial charge in [-0.2, -0.15) is 0 Å². The highest BCUT2D eigenvalue weighted by atomic mass is 16.6. The Balaban J connectivity index is 0. The van der Waals surface area contributed by atoms with E-state index in [1.54, 1.807) is 27.7 Å². The van der Waals surface area contributed by atoms with Crippen LogP contribution in [0, 0.1) is 50.7 Å². The first-order chi connectivity index (χ1) is 27.9. The maximum absolute atomic E-state index is 12.6. The fraction of sp³-hybridized carbons (Fsp3) is 0.909. The van der Waals surface area contributed by atoms with E-state index in [4.69, 9.17) is 23.7 Å². The van der Waals surface area contributed by atoms with Gasteiger partial charge in [-0.15, -0.1) is 0 Å². The van der Waals surface area contributed by atoms with E-state index < -0.39 is 63.7 Å². The van der Waals surface area contributed by atoms with Gasteiger partial charge in [-0.1, -0.05) is 79.2 Å². The summed E-state index contributed by atoms with van der Waals surface area (Å²) in [7, 11) is 0. The van der Waals surface area contributed by atoms with Crippen molar-refractivity contribution < 1.29 is 57.9 Å². The molecule has 9 fully saturated rings. The Labute approximate surface area is 409 Å². The first-order valence-corrected chi connectivity index (χ1v) is 23.3.